The second-order valence-electron chi connectivity index (χ2n) is 7.30. The minimum Gasteiger partial charge on any atom is -0.454 e. The van der Waals surface area contributed by atoms with Gasteiger partial charge in [-0.05, 0) is 44.0 Å². The molecule has 0 saturated carbocycles. The van der Waals surface area contributed by atoms with Crippen molar-refractivity contribution in [2.45, 2.75) is 44.9 Å². The van der Waals surface area contributed by atoms with Gasteiger partial charge in [0.25, 0.3) is 0 Å². The number of hydrogen-bond acceptors (Lipinski definition) is 5. The molecule has 1 fully saturated rings. The highest BCUT2D eigenvalue weighted by Crippen LogP contribution is 2.49. The van der Waals surface area contributed by atoms with Crippen LogP contribution in [0.3, 0.4) is 0 Å². The topological polar surface area (TPSA) is 60.5 Å². The molecule has 3 heterocycles. The maximum atomic E-state index is 12.4. The summed E-state index contributed by atoms with van der Waals surface area (Å²) < 4.78 is 22.2. The number of hydrogen-bond donors (Lipinski definition) is 0. The molecule has 1 unspecified atom stereocenters. The number of fused-ring (bicyclic) bond motifs is 3. The fraction of sp³-hybridized carbons (Fsp3) is 0.588. The average molecular weight is 319 g/mol. The average Bonchev–Trinajstić information content (AvgIpc) is 3.14. The third-order valence-electron chi connectivity index (χ3n) is 4.38. The zero-order chi connectivity index (χ0) is 16.2. The third-order valence-corrected chi connectivity index (χ3v) is 4.38. The molecule has 0 bridgehead atoms. The highest BCUT2D eigenvalue weighted by atomic mass is 16.7. The molecule has 0 aromatic heterocycles. The van der Waals surface area contributed by atoms with E-state index in [9.17, 15) is 4.79 Å². The monoisotopic (exact) mass is 319 g/mol. The van der Waals surface area contributed by atoms with Gasteiger partial charge < -0.3 is 23.8 Å². The van der Waals surface area contributed by atoms with Gasteiger partial charge in [0.1, 0.15) is 11.2 Å². The van der Waals surface area contributed by atoms with Crippen LogP contribution in [0.1, 0.15) is 38.3 Å². The van der Waals surface area contributed by atoms with Gasteiger partial charge in [0.05, 0.1) is 6.61 Å². The first-order chi connectivity index (χ1) is 10.9. The van der Waals surface area contributed by atoms with Gasteiger partial charge >= 0.3 is 6.09 Å². The Labute approximate surface area is 135 Å². The first kappa shape index (κ1) is 14.6. The van der Waals surface area contributed by atoms with Gasteiger partial charge in [0.2, 0.25) is 6.79 Å². The number of ether oxygens (including phenoxy) is 4. The Morgan fingerprint density at radius 3 is 2.61 bits per heavy atom. The Bertz CT molecular complexity index is 660. The summed E-state index contributed by atoms with van der Waals surface area (Å²) in [5.41, 5.74) is 1.35. The van der Waals surface area contributed by atoms with Gasteiger partial charge in [-0.2, -0.15) is 0 Å². The molecular weight excluding hydrogens is 298 g/mol. The van der Waals surface area contributed by atoms with E-state index in [1.807, 2.05) is 32.9 Å². The van der Waals surface area contributed by atoms with Crippen LogP contribution in [0.2, 0.25) is 0 Å². The molecule has 6 nitrogen and oxygen atoms in total. The fourth-order valence-corrected chi connectivity index (χ4v) is 3.14. The molecule has 1 saturated heterocycles. The lowest BCUT2D eigenvalue weighted by Crippen LogP contribution is -2.36. The molecule has 6 heteroatoms. The Morgan fingerprint density at radius 1 is 1.26 bits per heavy atom. The van der Waals surface area contributed by atoms with Crippen LogP contribution in [0.5, 0.6) is 11.5 Å². The van der Waals surface area contributed by atoms with Crippen LogP contribution in [0.4, 0.5) is 4.79 Å². The predicted octanol–water partition coefficient (Wildman–Crippen LogP) is 2.78. The largest absolute Gasteiger partial charge is 0.454 e. The van der Waals surface area contributed by atoms with Crippen molar-refractivity contribution in [1.29, 1.82) is 0 Å². The van der Waals surface area contributed by atoms with E-state index in [0.717, 1.165) is 29.0 Å². The number of carbonyl (C=O) groups excluding carboxylic acids is 1. The van der Waals surface area contributed by atoms with Crippen molar-refractivity contribution in [1.82, 2.24) is 4.90 Å². The predicted molar refractivity (Wildman–Crippen MR) is 81.5 cm³/mol. The maximum Gasteiger partial charge on any atom is 0.410 e. The highest BCUT2D eigenvalue weighted by Gasteiger charge is 2.50. The molecule has 0 aliphatic carbocycles. The Hall–Kier alpha value is -1.95. The summed E-state index contributed by atoms with van der Waals surface area (Å²) in [6, 6.07) is 3.97. The van der Waals surface area contributed by atoms with E-state index in [0.29, 0.717) is 19.7 Å². The third kappa shape index (κ3) is 2.61. The summed E-state index contributed by atoms with van der Waals surface area (Å²) >= 11 is 0. The number of rotatable bonds is 0. The van der Waals surface area contributed by atoms with Crippen LogP contribution in [-0.2, 0) is 21.6 Å². The number of benzene rings is 1. The number of amides is 1. The van der Waals surface area contributed by atoms with Crippen LogP contribution in [0.25, 0.3) is 0 Å². The molecule has 0 N–H and O–H groups in total. The summed E-state index contributed by atoms with van der Waals surface area (Å²) in [6.45, 7) is 7.65. The lowest BCUT2D eigenvalue weighted by Gasteiger charge is -2.26. The number of nitrogens with zero attached hydrogens (tertiary/aromatic N) is 1. The van der Waals surface area contributed by atoms with Gasteiger partial charge in [-0.3, -0.25) is 0 Å². The minimum absolute atomic E-state index is 0.238. The van der Waals surface area contributed by atoms with E-state index in [4.69, 9.17) is 18.9 Å². The van der Waals surface area contributed by atoms with E-state index in [1.54, 1.807) is 4.90 Å². The first-order valence-corrected chi connectivity index (χ1v) is 7.91. The molecule has 4 rings (SSSR count). The SMILES string of the molecule is CC(C)(C)OC(=O)N1CCC2(CO2)c2cc3c(cc2C1)OCO3. The van der Waals surface area contributed by atoms with Gasteiger partial charge in [-0.25, -0.2) is 4.79 Å². The molecule has 124 valence electrons. The molecular formula is C17H21NO5. The quantitative estimate of drug-likeness (QED) is 0.688. The number of epoxide rings is 1. The summed E-state index contributed by atoms with van der Waals surface area (Å²) in [5, 5.41) is 0. The van der Waals surface area contributed by atoms with Gasteiger partial charge in [0, 0.05) is 19.5 Å². The van der Waals surface area contributed by atoms with Gasteiger partial charge in [-0.1, -0.05) is 0 Å². The van der Waals surface area contributed by atoms with Crippen molar-refractivity contribution in [3.63, 3.8) is 0 Å². The van der Waals surface area contributed by atoms with Crippen LogP contribution in [-0.4, -0.2) is 36.5 Å². The van der Waals surface area contributed by atoms with Crippen LogP contribution in [0.15, 0.2) is 12.1 Å². The lowest BCUT2D eigenvalue weighted by molar-refractivity contribution is 0.0229. The molecule has 1 aromatic carbocycles. The molecule has 1 aromatic rings. The van der Waals surface area contributed by atoms with Crippen molar-refractivity contribution < 1.29 is 23.7 Å². The van der Waals surface area contributed by atoms with Crippen LogP contribution < -0.4 is 9.47 Å². The smallest absolute Gasteiger partial charge is 0.410 e. The summed E-state index contributed by atoms with van der Waals surface area (Å²) in [7, 11) is 0. The molecule has 1 spiro atoms. The molecule has 3 aliphatic rings. The van der Waals surface area contributed by atoms with Crippen LogP contribution >= 0.6 is 0 Å². The van der Waals surface area contributed by atoms with Crippen molar-refractivity contribution in [3.8, 4) is 11.5 Å². The van der Waals surface area contributed by atoms with E-state index >= 15 is 0 Å². The van der Waals surface area contributed by atoms with Crippen molar-refractivity contribution in [2.24, 2.45) is 0 Å². The summed E-state index contributed by atoms with van der Waals surface area (Å²) in [4.78, 5) is 14.2. The molecule has 3 aliphatic heterocycles. The molecule has 23 heavy (non-hydrogen) atoms. The van der Waals surface area contributed by atoms with Crippen molar-refractivity contribution in [3.05, 3.63) is 23.3 Å². The Kier molecular flexibility index (Phi) is 3.04. The van der Waals surface area contributed by atoms with Crippen LogP contribution in [0, 0.1) is 0 Å². The lowest BCUT2D eigenvalue weighted by atomic mass is 9.93. The molecule has 1 atom stereocenters. The van der Waals surface area contributed by atoms with E-state index < -0.39 is 5.60 Å². The van der Waals surface area contributed by atoms with E-state index in [2.05, 4.69) is 0 Å². The van der Waals surface area contributed by atoms with Crippen molar-refractivity contribution in [2.75, 3.05) is 19.9 Å². The van der Waals surface area contributed by atoms with Crippen molar-refractivity contribution >= 4 is 6.09 Å². The number of carbonyl (C=O) groups is 1. The second kappa shape index (κ2) is 4.77. The molecule has 0 radical (unpaired) electrons. The minimum atomic E-state index is -0.505. The summed E-state index contributed by atoms with van der Waals surface area (Å²) in [5.74, 6) is 1.48. The molecule has 1 amide bonds. The second-order valence-corrected chi connectivity index (χ2v) is 7.30. The fourth-order valence-electron chi connectivity index (χ4n) is 3.14. The normalized spacial score (nSPS) is 25.1. The maximum absolute atomic E-state index is 12.4. The standard InChI is InChI=1S/C17H21NO5/c1-16(2,3)23-15(19)18-5-4-17(9-22-17)12-7-14-13(20-10-21-14)6-11(12)8-18/h6-7H,4-5,8-10H2,1-3H3. The van der Waals surface area contributed by atoms with Gasteiger partial charge in [-0.15, -0.1) is 0 Å². The van der Waals surface area contributed by atoms with E-state index in [-0.39, 0.29) is 18.5 Å². The first-order valence-electron chi connectivity index (χ1n) is 7.91. The van der Waals surface area contributed by atoms with Gasteiger partial charge in [0.15, 0.2) is 11.5 Å². The van der Waals surface area contributed by atoms with E-state index in [1.165, 1.54) is 0 Å². The zero-order valence-electron chi connectivity index (χ0n) is 13.7. The summed E-state index contributed by atoms with van der Waals surface area (Å²) in [6.07, 6.45) is 0.470. The Balaban J connectivity index is 1.66. The highest BCUT2D eigenvalue weighted by molar-refractivity contribution is 5.69. The Morgan fingerprint density at radius 2 is 1.96 bits per heavy atom. The zero-order valence-corrected chi connectivity index (χ0v) is 13.7.